The predicted octanol–water partition coefficient (Wildman–Crippen LogP) is 5.16. The van der Waals surface area contributed by atoms with Crippen LogP contribution in [0.1, 0.15) is 22.3 Å². The monoisotopic (exact) mass is 438 g/mol. The molecule has 7 heteroatoms. The first-order valence-electron chi connectivity index (χ1n) is 9.33. The quantitative estimate of drug-likeness (QED) is 0.413. The van der Waals surface area contributed by atoms with Gasteiger partial charge in [0.1, 0.15) is 10.7 Å². The Morgan fingerprint density at radius 2 is 1.77 bits per heavy atom. The molecule has 0 spiro atoms. The number of esters is 1. The summed E-state index contributed by atoms with van der Waals surface area (Å²) >= 11 is 7.50. The summed E-state index contributed by atoms with van der Waals surface area (Å²) in [5, 5.41) is 1.12. The average molecular weight is 439 g/mol. The first-order chi connectivity index (χ1) is 14.4. The van der Waals surface area contributed by atoms with Gasteiger partial charge in [-0.15, -0.1) is 11.3 Å². The lowest BCUT2D eigenvalue weighted by Gasteiger charge is -2.20. The van der Waals surface area contributed by atoms with Crippen molar-refractivity contribution in [3.8, 4) is 11.1 Å². The maximum absolute atomic E-state index is 13.8. The van der Waals surface area contributed by atoms with Gasteiger partial charge in [-0.05, 0) is 37.1 Å². The van der Waals surface area contributed by atoms with Crippen molar-refractivity contribution >= 4 is 39.1 Å². The second kappa shape index (κ2) is 8.05. The molecule has 2 aromatic carbocycles. The van der Waals surface area contributed by atoms with E-state index in [4.69, 9.17) is 16.3 Å². The van der Waals surface area contributed by atoms with E-state index in [1.54, 1.807) is 31.2 Å². The number of ether oxygens (including phenoxy) is 1. The van der Waals surface area contributed by atoms with E-state index in [-0.39, 0.29) is 5.56 Å². The average Bonchev–Trinajstić information content (AvgIpc) is 3.07. The summed E-state index contributed by atoms with van der Waals surface area (Å²) in [5.74, 6) is -0.0665. The Labute approximate surface area is 182 Å². The molecule has 0 bridgehead atoms. The summed E-state index contributed by atoms with van der Waals surface area (Å²) in [7, 11) is 1.32. The van der Waals surface area contributed by atoms with E-state index in [1.807, 2.05) is 37.3 Å². The van der Waals surface area contributed by atoms with Crippen molar-refractivity contribution in [1.82, 2.24) is 9.55 Å². The lowest BCUT2D eigenvalue weighted by molar-refractivity contribution is -0.143. The lowest BCUT2D eigenvalue weighted by atomic mass is 10.0. The molecule has 5 nitrogen and oxygen atoms in total. The van der Waals surface area contributed by atoms with Crippen LogP contribution in [0.3, 0.4) is 0 Å². The summed E-state index contributed by atoms with van der Waals surface area (Å²) in [4.78, 5) is 32.8. The number of carbonyl (C=O) groups excluding carboxylic acids is 1. The normalized spacial score (nSPS) is 12.1. The molecule has 0 saturated carbocycles. The summed E-state index contributed by atoms with van der Waals surface area (Å²) in [5.41, 5.74) is 2.09. The minimum atomic E-state index is -0.918. The van der Waals surface area contributed by atoms with Gasteiger partial charge in [-0.3, -0.25) is 9.36 Å². The van der Waals surface area contributed by atoms with E-state index in [0.717, 1.165) is 16.0 Å². The second-order valence-corrected chi connectivity index (χ2v) is 8.53. The molecule has 0 saturated heterocycles. The maximum Gasteiger partial charge on any atom is 0.333 e. The molecule has 0 aliphatic rings. The van der Waals surface area contributed by atoms with Gasteiger partial charge in [0.05, 0.1) is 12.5 Å². The number of aryl methyl sites for hydroxylation is 2. The van der Waals surface area contributed by atoms with Gasteiger partial charge in [-0.2, -0.15) is 0 Å². The minimum absolute atomic E-state index is 0.272. The summed E-state index contributed by atoms with van der Waals surface area (Å²) < 4.78 is 6.46. The number of hydrogen-bond donors (Lipinski definition) is 0. The molecule has 4 aromatic rings. The largest absolute Gasteiger partial charge is 0.467 e. The highest BCUT2D eigenvalue weighted by Crippen LogP contribution is 2.36. The standard InChI is InChI=1S/C23H19ClN2O3S/c1-13-18(15-9-11-17(24)12-10-15)19-21(30-13)25-14(2)26(22(19)27)20(23(28)29-3)16-7-5-4-6-8-16/h4-12,20H,1-3H3. The van der Waals surface area contributed by atoms with Crippen LogP contribution < -0.4 is 5.56 Å². The Balaban J connectivity index is 2.04. The molecule has 2 heterocycles. The molecule has 0 aliphatic carbocycles. The number of methoxy groups -OCH3 is 1. The number of thiophene rings is 1. The Hall–Kier alpha value is -2.96. The van der Waals surface area contributed by atoms with Crippen LogP contribution >= 0.6 is 22.9 Å². The van der Waals surface area contributed by atoms with Crippen LogP contribution in [0.15, 0.2) is 59.4 Å². The van der Waals surface area contributed by atoms with Crippen molar-refractivity contribution in [2.24, 2.45) is 0 Å². The second-order valence-electron chi connectivity index (χ2n) is 6.89. The molecule has 2 aromatic heterocycles. The Kier molecular flexibility index (Phi) is 5.45. The van der Waals surface area contributed by atoms with Gasteiger partial charge in [0.25, 0.3) is 5.56 Å². The zero-order valence-electron chi connectivity index (χ0n) is 16.7. The number of halogens is 1. The van der Waals surface area contributed by atoms with Crippen LogP contribution in [0.5, 0.6) is 0 Å². The molecule has 152 valence electrons. The summed E-state index contributed by atoms with van der Waals surface area (Å²) in [6.07, 6.45) is 0. The van der Waals surface area contributed by atoms with E-state index in [0.29, 0.717) is 26.6 Å². The molecule has 1 unspecified atom stereocenters. The molecular weight excluding hydrogens is 420 g/mol. The van der Waals surface area contributed by atoms with Gasteiger partial charge >= 0.3 is 5.97 Å². The number of fused-ring (bicyclic) bond motifs is 1. The van der Waals surface area contributed by atoms with Crippen LogP contribution in [0, 0.1) is 13.8 Å². The number of aromatic nitrogens is 2. The fraction of sp³-hybridized carbons (Fsp3) is 0.174. The zero-order chi connectivity index (χ0) is 21.4. The fourth-order valence-corrected chi connectivity index (χ4v) is 4.89. The molecule has 0 N–H and O–H groups in total. The van der Waals surface area contributed by atoms with Gasteiger partial charge in [-0.25, -0.2) is 9.78 Å². The zero-order valence-corrected chi connectivity index (χ0v) is 18.3. The molecule has 1 atom stereocenters. The Bertz CT molecular complexity index is 1290. The Morgan fingerprint density at radius 1 is 1.10 bits per heavy atom. The first-order valence-corrected chi connectivity index (χ1v) is 10.5. The molecule has 4 rings (SSSR count). The van der Waals surface area contributed by atoms with Crippen LogP contribution in [0.2, 0.25) is 5.02 Å². The first kappa shape index (κ1) is 20.3. The SMILES string of the molecule is COC(=O)C(c1ccccc1)n1c(C)nc2sc(C)c(-c3ccc(Cl)cc3)c2c1=O. The van der Waals surface area contributed by atoms with Crippen molar-refractivity contribution in [2.75, 3.05) is 7.11 Å². The third kappa shape index (κ3) is 3.42. The van der Waals surface area contributed by atoms with Crippen molar-refractivity contribution in [1.29, 1.82) is 0 Å². The number of nitrogens with zero attached hydrogens (tertiary/aromatic N) is 2. The van der Waals surface area contributed by atoms with E-state index < -0.39 is 12.0 Å². The van der Waals surface area contributed by atoms with E-state index in [1.165, 1.54) is 23.0 Å². The summed E-state index contributed by atoms with van der Waals surface area (Å²) in [6, 6.07) is 15.5. The van der Waals surface area contributed by atoms with Crippen molar-refractivity contribution < 1.29 is 9.53 Å². The van der Waals surface area contributed by atoms with Crippen LogP contribution in [0.4, 0.5) is 0 Å². The number of benzene rings is 2. The maximum atomic E-state index is 13.8. The highest BCUT2D eigenvalue weighted by molar-refractivity contribution is 7.19. The van der Waals surface area contributed by atoms with Gasteiger partial charge in [0, 0.05) is 15.5 Å². The van der Waals surface area contributed by atoms with Gasteiger partial charge in [0.15, 0.2) is 6.04 Å². The van der Waals surface area contributed by atoms with Crippen molar-refractivity contribution in [3.05, 3.63) is 86.2 Å². The number of rotatable bonds is 4. The smallest absolute Gasteiger partial charge is 0.333 e. The molecule has 0 amide bonds. The highest BCUT2D eigenvalue weighted by Gasteiger charge is 2.29. The third-order valence-electron chi connectivity index (χ3n) is 5.04. The topological polar surface area (TPSA) is 61.2 Å². The number of hydrogen-bond acceptors (Lipinski definition) is 5. The third-order valence-corrected chi connectivity index (χ3v) is 6.29. The molecule has 0 aliphatic heterocycles. The number of carbonyl (C=O) groups is 1. The molecular formula is C23H19ClN2O3S. The lowest BCUT2D eigenvalue weighted by Crippen LogP contribution is -2.33. The summed E-state index contributed by atoms with van der Waals surface area (Å²) in [6.45, 7) is 3.70. The fourth-order valence-electron chi connectivity index (χ4n) is 3.68. The predicted molar refractivity (Wildman–Crippen MR) is 120 cm³/mol. The minimum Gasteiger partial charge on any atom is -0.467 e. The van der Waals surface area contributed by atoms with E-state index in [2.05, 4.69) is 4.98 Å². The van der Waals surface area contributed by atoms with Crippen molar-refractivity contribution in [3.63, 3.8) is 0 Å². The van der Waals surface area contributed by atoms with Gasteiger partial charge in [0.2, 0.25) is 0 Å². The van der Waals surface area contributed by atoms with Crippen LogP contribution in [-0.2, 0) is 9.53 Å². The van der Waals surface area contributed by atoms with Gasteiger partial charge < -0.3 is 4.74 Å². The Morgan fingerprint density at radius 3 is 2.40 bits per heavy atom. The van der Waals surface area contributed by atoms with Crippen molar-refractivity contribution in [2.45, 2.75) is 19.9 Å². The highest BCUT2D eigenvalue weighted by atomic mass is 35.5. The van der Waals surface area contributed by atoms with Gasteiger partial charge in [-0.1, -0.05) is 54.1 Å². The van der Waals surface area contributed by atoms with E-state index in [9.17, 15) is 9.59 Å². The van der Waals surface area contributed by atoms with Crippen LogP contribution in [-0.4, -0.2) is 22.6 Å². The molecule has 0 fully saturated rings. The van der Waals surface area contributed by atoms with Crippen LogP contribution in [0.25, 0.3) is 21.3 Å². The molecule has 30 heavy (non-hydrogen) atoms. The molecule has 0 radical (unpaired) electrons. The van der Waals surface area contributed by atoms with E-state index >= 15 is 0 Å².